The number of benzene rings is 3. The van der Waals surface area contributed by atoms with Gasteiger partial charge < -0.3 is 9.84 Å². The molecule has 3 aromatic carbocycles. The van der Waals surface area contributed by atoms with Gasteiger partial charge in [-0.25, -0.2) is 0 Å². The highest BCUT2D eigenvalue weighted by atomic mass is 16.5. The molecular weight excluding hydrogens is 362 g/mol. The van der Waals surface area contributed by atoms with Crippen molar-refractivity contribution in [2.45, 2.75) is 32.6 Å². The lowest BCUT2D eigenvalue weighted by molar-refractivity contribution is -0.116. The number of amides is 1. The zero-order valence-electron chi connectivity index (χ0n) is 16.6. The Morgan fingerprint density at radius 1 is 1.00 bits per heavy atom. The zero-order chi connectivity index (χ0) is 20.2. The largest absolute Gasteiger partial charge is 0.339 e. The third kappa shape index (κ3) is 4.35. The first-order valence-electron chi connectivity index (χ1n) is 9.80. The number of hydrogen-bond acceptors (Lipinski definition) is 4. The molecule has 5 nitrogen and oxygen atoms in total. The lowest BCUT2D eigenvalue weighted by Gasteiger charge is -2.08. The first kappa shape index (κ1) is 18.9. The maximum absolute atomic E-state index is 12.4. The van der Waals surface area contributed by atoms with Crippen LogP contribution in [0.5, 0.6) is 0 Å². The average Bonchev–Trinajstić information content (AvgIpc) is 3.22. The van der Waals surface area contributed by atoms with Crippen LogP contribution in [-0.2, 0) is 11.2 Å². The van der Waals surface area contributed by atoms with Crippen LogP contribution >= 0.6 is 0 Å². The zero-order valence-corrected chi connectivity index (χ0v) is 16.6. The Morgan fingerprint density at radius 3 is 2.55 bits per heavy atom. The summed E-state index contributed by atoms with van der Waals surface area (Å²) in [4.78, 5) is 16.8. The Bertz CT molecular complexity index is 1130. The maximum Gasteiger partial charge on any atom is 0.227 e. The van der Waals surface area contributed by atoms with Crippen molar-refractivity contribution in [2.24, 2.45) is 0 Å². The number of carbonyl (C=O) groups excluding carboxylic acids is 1. The average molecular weight is 385 g/mol. The number of fused-ring (bicyclic) bond motifs is 1. The summed E-state index contributed by atoms with van der Waals surface area (Å²) in [5, 5.41) is 9.14. The molecule has 146 valence electrons. The normalized spacial score (nSPS) is 11.1. The molecule has 0 radical (unpaired) electrons. The monoisotopic (exact) mass is 385 g/mol. The molecule has 0 unspecified atom stereocenters. The molecule has 29 heavy (non-hydrogen) atoms. The van der Waals surface area contributed by atoms with E-state index in [1.54, 1.807) is 0 Å². The van der Waals surface area contributed by atoms with Crippen LogP contribution < -0.4 is 5.32 Å². The van der Waals surface area contributed by atoms with Crippen molar-refractivity contribution >= 4 is 22.4 Å². The number of rotatable bonds is 6. The van der Waals surface area contributed by atoms with Gasteiger partial charge in [0, 0.05) is 29.5 Å². The number of anilines is 1. The predicted octanol–water partition coefficient (Wildman–Crippen LogP) is 5.58. The van der Waals surface area contributed by atoms with Crippen molar-refractivity contribution in [1.82, 2.24) is 10.1 Å². The van der Waals surface area contributed by atoms with Crippen LogP contribution in [0.4, 0.5) is 5.69 Å². The molecule has 1 aromatic heterocycles. The minimum absolute atomic E-state index is 0.0811. The van der Waals surface area contributed by atoms with E-state index in [2.05, 4.69) is 41.4 Å². The first-order chi connectivity index (χ1) is 14.1. The van der Waals surface area contributed by atoms with Crippen LogP contribution in [0.15, 0.2) is 71.3 Å². The molecule has 0 fully saturated rings. The van der Waals surface area contributed by atoms with E-state index in [0.717, 1.165) is 22.0 Å². The minimum atomic E-state index is -0.0811. The van der Waals surface area contributed by atoms with E-state index in [9.17, 15) is 4.79 Å². The van der Waals surface area contributed by atoms with Crippen LogP contribution in [0.25, 0.3) is 22.2 Å². The second-order valence-electron chi connectivity index (χ2n) is 7.36. The molecule has 0 spiro atoms. The molecule has 4 rings (SSSR count). The van der Waals surface area contributed by atoms with E-state index in [1.807, 2.05) is 54.6 Å². The van der Waals surface area contributed by atoms with E-state index in [-0.39, 0.29) is 12.3 Å². The van der Waals surface area contributed by atoms with Crippen LogP contribution in [-0.4, -0.2) is 16.0 Å². The number of aromatic nitrogens is 2. The molecule has 1 amide bonds. The molecular formula is C24H23N3O2. The van der Waals surface area contributed by atoms with Gasteiger partial charge in [0.05, 0.1) is 0 Å². The van der Waals surface area contributed by atoms with Gasteiger partial charge in [0.2, 0.25) is 17.6 Å². The Hall–Kier alpha value is -3.47. The summed E-state index contributed by atoms with van der Waals surface area (Å²) in [6.45, 7) is 4.31. The summed E-state index contributed by atoms with van der Waals surface area (Å²) >= 11 is 0. The van der Waals surface area contributed by atoms with Crippen molar-refractivity contribution in [3.8, 4) is 11.4 Å². The van der Waals surface area contributed by atoms with Gasteiger partial charge in [-0.05, 0) is 22.9 Å². The standard InChI is InChI=1S/C24H23N3O2/c1-16(2)17-10-12-19(13-11-17)24-26-23(29-27-24)15-14-22(28)25-21-9-5-7-18-6-3-4-8-20(18)21/h3-13,16H,14-15H2,1-2H3,(H,25,28). The van der Waals surface area contributed by atoms with Gasteiger partial charge >= 0.3 is 0 Å². The molecule has 0 saturated heterocycles. The van der Waals surface area contributed by atoms with E-state index >= 15 is 0 Å². The van der Waals surface area contributed by atoms with Gasteiger partial charge in [0.25, 0.3) is 0 Å². The molecule has 0 bridgehead atoms. The summed E-state index contributed by atoms with van der Waals surface area (Å²) in [5.74, 6) is 1.40. The molecule has 1 heterocycles. The Morgan fingerprint density at radius 2 is 1.76 bits per heavy atom. The van der Waals surface area contributed by atoms with Crippen molar-refractivity contribution in [1.29, 1.82) is 0 Å². The van der Waals surface area contributed by atoms with Crippen molar-refractivity contribution in [3.05, 3.63) is 78.2 Å². The number of carbonyl (C=O) groups is 1. The fourth-order valence-electron chi connectivity index (χ4n) is 3.26. The van der Waals surface area contributed by atoms with Gasteiger partial charge in [-0.1, -0.05) is 79.7 Å². The van der Waals surface area contributed by atoms with Crippen molar-refractivity contribution in [2.75, 3.05) is 5.32 Å². The van der Waals surface area contributed by atoms with Crippen molar-refractivity contribution in [3.63, 3.8) is 0 Å². The molecule has 0 aliphatic rings. The number of aryl methyl sites for hydroxylation is 1. The summed E-state index contributed by atoms with van der Waals surface area (Å²) in [6, 6.07) is 22.0. The topological polar surface area (TPSA) is 68.0 Å². The number of nitrogens with zero attached hydrogens (tertiary/aromatic N) is 2. The molecule has 0 atom stereocenters. The smallest absolute Gasteiger partial charge is 0.227 e. The maximum atomic E-state index is 12.4. The SMILES string of the molecule is CC(C)c1ccc(-c2noc(CCC(=O)Nc3cccc4ccccc34)n2)cc1. The fraction of sp³-hybridized carbons (Fsp3) is 0.208. The predicted molar refractivity (Wildman–Crippen MR) is 115 cm³/mol. The van der Waals surface area contributed by atoms with E-state index in [4.69, 9.17) is 4.52 Å². The quantitative estimate of drug-likeness (QED) is 0.470. The summed E-state index contributed by atoms with van der Waals surface area (Å²) in [6.07, 6.45) is 0.671. The van der Waals surface area contributed by atoms with Crippen LogP contribution in [0.2, 0.25) is 0 Å². The summed E-state index contributed by atoms with van der Waals surface area (Å²) in [5.41, 5.74) is 2.98. The van der Waals surface area contributed by atoms with Gasteiger partial charge in [-0.3, -0.25) is 4.79 Å². The Kier molecular flexibility index (Phi) is 5.38. The van der Waals surface area contributed by atoms with Crippen LogP contribution in [0.1, 0.15) is 37.6 Å². The molecule has 0 aliphatic heterocycles. The van der Waals surface area contributed by atoms with E-state index in [0.29, 0.717) is 24.1 Å². The highest BCUT2D eigenvalue weighted by Crippen LogP contribution is 2.23. The second kappa shape index (κ2) is 8.27. The van der Waals surface area contributed by atoms with Gasteiger partial charge in [0.15, 0.2) is 0 Å². The Balaban J connectivity index is 1.38. The van der Waals surface area contributed by atoms with Gasteiger partial charge in [0.1, 0.15) is 0 Å². The lowest BCUT2D eigenvalue weighted by Crippen LogP contribution is -2.12. The first-order valence-corrected chi connectivity index (χ1v) is 9.80. The molecule has 4 aromatic rings. The molecule has 5 heteroatoms. The number of hydrogen-bond donors (Lipinski definition) is 1. The van der Waals surface area contributed by atoms with Crippen LogP contribution in [0.3, 0.4) is 0 Å². The highest BCUT2D eigenvalue weighted by molar-refractivity contribution is 6.02. The minimum Gasteiger partial charge on any atom is -0.339 e. The third-order valence-corrected chi connectivity index (χ3v) is 4.93. The third-order valence-electron chi connectivity index (χ3n) is 4.93. The fourth-order valence-corrected chi connectivity index (χ4v) is 3.26. The summed E-state index contributed by atoms with van der Waals surface area (Å²) < 4.78 is 5.33. The Labute approximate surface area is 169 Å². The lowest BCUT2D eigenvalue weighted by atomic mass is 10.0. The molecule has 0 aliphatic carbocycles. The van der Waals surface area contributed by atoms with Gasteiger partial charge in [-0.15, -0.1) is 0 Å². The van der Waals surface area contributed by atoms with Crippen LogP contribution in [0, 0.1) is 0 Å². The molecule has 0 saturated carbocycles. The van der Waals surface area contributed by atoms with Crippen molar-refractivity contribution < 1.29 is 9.32 Å². The molecule has 1 N–H and O–H groups in total. The van der Waals surface area contributed by atoms with E-state index < -0.39 is 0 Å². The number of nitrogens with one attached hydrogen (secondary N) is 1. The highest BCUT2D eigenvalue weighted by Gasteiger charge is 2.12. The summed E-state index contributed by atoms with van der Waals surface area (Å²) in [7, 11) is 0. The second-order valence-corrected chi connectivity index (χ2v) is 7.36. The van der Waals surface area contributed by atoms with E-state index in [1.165, 1.54) is 5.56 Å². The van der Waals surface area contributed by atoms with Gasteiger partial charge in [-0.2, -0.15) is 4.98 Å².